The van der Waals surface area contributed by atoms with Crippen molar-refractivity contribution >= 4 is 23.3 Å². The standard InChI is InChI=1S/C7H8FNS/c8-3-1-6-5-7(10)2-4-9-6/h4-5H,1-3H2. The van der Waals surface area contributed by atoms with Gasteiger partial charge in [-0.25, -0.2) is 0 Å². The summed E-state index contributed by atoms with van der Waals surface area (Å²) >= 11 is 4.91. The number of rotatable bonds is 2. The van der Waals surface area contributed by atoms with Crippen LogP contribution >= 0.6 is 12.2 Å². The van der Waals surface area contributed by atoms with Crippen LogP contribution in [0.4, 0.5) is 4.39 Å². The molecule has 0 aromatic rings. The maximum absolute atomic E-state index is 11.7. The lowest BCUT2D eigenvalue weighted by Gasteiger charge is -2.03. The van der Waals surface area contributed by atoms with E-state index in [9.17, 15) is 4.39 Å². The Bertz CT molecular complexity index is 196. The third-order valence-corrected chi connectivity index (χ3v) is 1.51. The molecule has 0 saturated carbocycles. The van der Waals surface area contributed by atoms with E-state index in [1.165, 1.54) is 0 Å². The Hall–Kier alpha value is -0.570. The monoisotopic (exact) mass is 157 g/mol. The Morgan fingerprint density at radius 2 is 2.50 bits per heavy atom. The highest BCUT2D eigenvalue weighted by Gasteiger charge is 2.00. The molecule has 1 nitrogen and oxygen atoms in total. The van der Waals surface area contributed by atoms with Gasteiger partial charge in [-0.3, -0.25) is 9.38 Å². The molecule has 0 unspecified atom stereocenters. The van der Waals surface area contributed by atoms with Crippen molar-refractivity contribution in [1.82, 2.24) is 0 Å². The first-order valence-corrected chi connectivity index (χ1v) is 3.55. The van der Waals surface area contributed by atoms with E-state index in [0.717, 1.165) is 17.0 Å². The zero-order valence-electron chi connectivity index (χ0n) is 5.51. The SMILES string of the molecule is FCCC1=CC(=S)CC=N1. The maximum atomic E-state index is 11.7. The summed E-state index contributed by atoms with van der Waals surface area (Å²) < 4.78 is 11.7. The second kappa shape index (κ2) is 3.56. The van der Waals surface area contributed by atoms with Gasteiger partial charge in [0.15, 0.2) is 0 Å². The van der Waals surface area contributed by atoms with Crippen molar-refractivity contribution in [2.24, 2.45) is 4.99 Å². The van der Waals surface area contributed by atoms with E-state index >= 15 is 0 Å². The summed E-state index contributed by atoms with van der Waals surface area (Å²) in [7, 11) is 0. The van der Waals surface area contributed by atoms with Crippen molar-refractivity contribution in [3.05, 3.63) is 11.8 Å². The van der Waals surface area contributed by atoms with Crippen molar-refractivity contribution in [1.29, 1.82) is 0 Å². The predicted octanol–water partition coefficient (Wildman–Crippen LogP) is 2.07. The number of aliphatic imine (C=N–C) groups is 1. The Kier molecular flexibility index (Phi) is 2.68. The Labute approximate surface area is 64.7 Å². The van der Waals surface area contributed by atoms with Crippen LogP contribution in [0.5, 0.6) is 0 Å². The van der Waals surface area contributed by atoms with E-state index in [4.69, 9.17) is 12.2 Å². The number of hydrogen-bond acceptors (Lipinski definition) is 2. The molecule has 0 saturated heterocycles. The number of nitrogens with zero attached hydrogens (tertiary/aromatic N) is 1. The molecule has 0 aromatic carbocycles. The summed E-state index contributed by atoms with van der Waals surface area (Å²) in [6.07, 6.45) is 4.62. The first kappa shape index (κ1) is 7.54. The Morgan fingerprint density at radius 1 is 1.70 bits per heavy atom. The molecular weight excluding hydrogens is 149 g/mol. The van der Waals surface area contributed by atoms with Crippen molar-refractivity contribution < 1.29 is 4.39 Å². The summed E-state index contributed by atoms with van der Waals surface area (Å²) in [5.74, 6) is 0. The van der Waals surface area contributed by atoms with Gasteiger partial charge < -0.3 is 0 Å². The van der Waals surface area contributed by atoms with Gasteiger partial charge in [0, 0.05) is 29.6 Å². The summed E-state index contributed by atoms with van der Waals surface area (Å²) in [6.45, 7) is -0.355. The number of hydrogen-bond donors (Lipinski definition) is 0. The number of alkyl halides is 1. The second-order valence-corrected chi connectivity index (χ2v) is 2.58. The minimum Gasteiger partial charge on any atom is -0.265 e. The summed E-state index contributed by atoms with van der Waals surface area (Å²) in [5.41, 5.74) is 0.763. The normalized spacial score (nSPS) is 17.3. The molecule has 0 aromatic heterocycles. The largest absolute Gasteiger partial charge is 0.265 e. The van der Waals surface area contributed by atoms with Gasteiger partial charge in [0.25, 0.3) is 0 Å². The number of allylic oxidation sites excluding steroid dienone is 2. The first-order valence-electron chi connectivity index (χ1n) is 3.15. The zero-order valence-corrected chi connectivity index (χ0v) is 6.33. The van der Waals surface area contributed by atoms with Gasteiger partial charge >= 0.3 is 0 Å². The molecule has 1 aliphatic heterocycles. The van der Waals surface area contributed by atoms with Crippen LogP contribution in [0.1, 0.15) is 12.8 Å². The lowest BCUT2D eigenvalue weighted by atomic mass is 10.2. The number of halogens is 1. The molecule has 0 radical (unpaired) electrons. The molecule has 10 heavy (non-hydrogen) atoms. The van der Waals surface area contributed by atoms with E-state index in [1.54, 1.807) is 12.3 Å². The highest BCUT2D eigenvalue weighted by atomic mass is 32.1. The molecule has 0 bridgehead atoms. The average molecular weight is 157 g/mol. The van der Waals surface area contributed by atoms with Crippen LogP contribution in [0.25, 0.3) is 0 Å². The third-order valence-electron chi connectivity index (χ3n) is 1.23. The van der Waals surface area contributed by atoms with Crippen molar-refractivity contribution in [3.63, 3.8) is 0 Å². The van der Waals surface area contributed by atoms with Crippen molar-refractivity contribution in [2.75, 3.05) is 6.67 Å². The molecule has 54 valence electrons. The average Bonchev–Trinajstić information content (AvgIpc) is 1.88. The van der Waals surface area contributed by atoms with Crippen LogP contribution in [0.3, 0.4) is 0 Å². The fourth-order valence-electron chi connectivity index (χ4n) is 0.768. The van der Waals surface area contributed by atoms with Crippen LogP contribution in [-0.2, 0) is 0 Å². The highest BCUT2D eigenvalue weighted by Crippen LogP contribution is 2.08. The van der Waals surface area contributed by atoms with Gasteiger partial charge in [-0.15, -0.1) is 0 Å². The van der Waals surface area contributed by atoms with Gasteiger partial charge in [-0.05, 0) is 6.08 Å². The van der Waals surface area contributed by atoms with Crippen LogP contribution < -0.4 is 0 Å². The topological polar surface area (TPSA) is 12.4 Å². The van der Waals surface area contributed by atoms with Gasteiger partial charge in [0.2, 0.25) is 0 Å². The summed E-state index contributed by atoms with van der Waals surface area (Å²) in [4.78, 5) is 4.82. The quantitative estimate of drug-likeness (QED) is 0.559. The van der Waals surface area contributed by atoms with Crippen LogP contribution in [0.2, 0.25) is 0 Å². The lowest BCUT2D eigenvalue weighted by Crippen LogP contribution is -1.99. The molecule has 0 amide bonds. The summed E-state index contributed by atoms with van der Waals surface area (Å²) in [5, 5.41) is 0. The zero-order chi connectivity index (χ0) is 7.40. The van der Waals surface area contributed by atoms with E-state index in [0.29, 0.717) is 6.42 Å². The van der Waals surface area contributed by atoms with Crippen LogP contribution in [0, 0.1) is 0 Å². The fraction of sp³-hybridized carbons (Fsp3) is 0.429. The van der Waals surface area contributed by atoms with Crippen molar-refractivity contribution in [3.8, 4) is 0 Å². The molecular formula is C7H8FNS. The first-order chi connectivity index (χ1) is 4.83. The Balaban J connectivity index is 2.57. The third kappa shape index (κ3) is 1.99. The molecule has 1 aliphatic rings. The van der Waals surface area contributed by atoms with E-state index < -0.39 is 0 Å². The summed E-state index contributed by atoms with van der Waals surface area (Å²) in [6, 6.07) is 0. The van der Waals surface area contributed by atoms with Gasteiger partial charge in [-0.1, -0.05) is 12.2 Å². The minimum atomic E-state index is -0.355. The molecule has 3 heteroatoms. The van der Waals surface area contributed by atoms with Crippen molar-refractivity contribution in [2.45, 2.75) is 12.8 Å². The van der Waals surface area contributed by atoms with E-state index in [2.05, 4.69) is 4.99 Å². The second-order valence-electron chi connectivity index (χ2n) is 2.06. The van der Waals surface area contributed by atoms with Gasteiger partial charge in [-0.2, -0.15) is 0 Å². The van der Waals surface area contributed by atoms with E-state index in [-0.39, 0.29) is 6.67 Å². The smallest absolute Gasteiger partial charge is 0.0949 e. The Morgan fingerprint density at radius 3 is 3.10 bits per heavy atom. The molecule has 1 heterocycles. The molecule has 0 spiro atoms. The van der Waals surface area contributed by atoms with Crippen LogP contribution in [0.15, 0.2) is 16.8 Å². The van der Waals surface area contributed by atoms with Crippen LogP contribution in [-0.4, -0.2) is 17.8 Å². The molecule has 0 atom stereocenters. The molecule has 0 fully saturated rings. The highest BCUT2D eigenvalue weighted by molar-refractivity contribution is 7.80. The molecule has 1 rings (SSSR count). The maximum Gasteiger partial charge on any atom is 0.0949 e. The van der Waals surface area contributed by atoms with Gasteiger partial charge in [0.1, 0.15) is 0 Å². The van der Waals surface area contributed by atoms with E-state index in [1.807, 2.05) is 0 Å². The van der Waals surface area contributed by atoms with Gasteiger partial charge in [0.05, 0.1) is 6.67 Å². The number of thiocarbonyl (C=S) groups is 1. The molecule has 0 N–H and O–H groups in total. The predicted molar refractivity (Wildman–Crippen MR) is 44.4 cm³/mol. The lowest BCUT2D eigenvalue weighted by molar-refractivity contribution is 0.493. The minimum absolute atomic E-state index is 0.355. The molecule has 0 aliphatic carbocycles. The fourth-order valence-corrected chi connectivity index (χ4v) is 0.979.